The molecule has 0 unspecified atom stereocenters. The summed E-state index contributed by atoms with van der Waals surface area (Å²) in [5.74, 6) is -0.338. The van der Waals surface area contributed by atoms with Crippen molar-refractivity contribution in [2.75, 3.05) is 31.2 Å². The molecule has 2 aromatic carbocycles. The van der Waals surface area contributed by atoms with Gasteiger partial charge in [0.15, 0.2) is 17.5 Å². The second-order valence-corrected chi connectivity index (χ2v) is 13.7. The predicted octanol–water partition coefficient (Wildman–Crippen LogP) is 4.23. The highest BCUT2D eigenvalue weighted by Gasteiger charge is 2.31. The highest BCUT2D eigenvalue weighted by Crippen LogP contribution is 2.22. The number of ether oxygens (including phenoxy) is 3. The number of thiazole rings is 1. The number of carbonyl (C=O) groups is 3. The Hall–Kier alpha value is -4.99. The lowest BCUT2D eigenvalue weighted by atomic mass is 9.93. The molecule has 0 aliphatic carbocycles. The van der Waals surface area contributed by atoms with Crippen molar-refractivity contribution < 1.29 is 38.2 Å². The number of aromatic nitrogens is 2. The highest BCUT2D eigenvalue weighted by molar-refractivity contribution is 7.13. The molecule has 4 N–H and O–H groups in total. The normalized spacial score (nSPS) is 15.3. The fourth-order valence-corrected chi connectivity index (χ4v) is 6.61. The number of aliphatic hydroxyl groups excluding tert-OH is 1. The summed E-state index contributed by atoms with van der Waals surface area (Å²) in [6, 6.07) is 18.3. The summed E-state index contributed by atoms with van der Waals surface area (Å²) >= 11 is 1.48. The van der Waals surface area contributed by atoms with Gasteiger partial charge in [-0.3, -0.25) is 4.79 Å². The van der Waals surface area contributed by atoms with Crippen LogP contribution in [0.1, 0.15) is 42.8 Å². The summed E-state index contributed by atoms with van der Waals surface area (Å²) in [6.45, 7) is 6.27. The third-order valence-corrected chi connectivity index (χ3v) is 9.45. The van der Waals surface area contributed by atoms with Crippen molar-refractivity contribution in [3.63, 3.8) is 0 Å². The topological polar surface area (TPSA) is 177 Å². The standard InChI is InChI=1S/C37H46N6O8S/c1-25(2)33(42-37(47)49-22-29-24-52-35(40-29)43-15-17-48-18-16-43)34(45)39-28(19-26-9-5-3-6-10-26)21-32(44)31(20-27-11-7-4-8-12-27)41-36(46)50-23-30-13-14-38-51-30/h3-14,24-25,28,31-33,44H,15-23H2,1-2H3,(H,39,45)(H,41,46)(H,42,47)/t28-,31-,32-,33-/m0/s1. The molecule has 2 aromatic heterocycles. The maximum Gasteiger partial charge on any atom is 0.408 e. The fourth-order valence-electron chi connectivity index (χ4n) is 5.74. The first-order valence-electron chi connectivity index (χ1n) is 17.3. The van der Waals surface area contributed by atoms with Gasteiger partial charge in [-0.15, -0.1) is 11.3 Å². The second kappa shape index (κ2) is 19.6. The molecular formula is C37H46N6O8S. The van der Waals surface area contributed by atoms with E-state index >= 15 is 0 Å². The highest BCUT2D eigenvalue weighted by atomic mass is 32.1. The van der Waals surface area contributed by atoms with Gasteiger partial charge in [0.25, 0.3) is 0 Å². The smallest absolute Gasteiger partial charge is 0.408 e. The third-order valence-electron chi connectivity index (χ3n) is 8.50. The van der Waals surface area contributed by atoms with Crippen LogP contribution in [0.15, 0.2) is 82.8 Å². The summed E-state index contributed by atoms with van der Waals surface area (Å²) in [7, 11) is 0. The number of hydrogen-bond donors (Lipinski definition) is 4. The Morgan fingerprint density at radius 2 is 1.54 bits per heavy atom. The van der Waals surface area contributed by atoms with Gasteiger partial charge in [0.1, 0.15) is 12.6 Å². The Morgan fingerprint density at radius 3 is 2.19 bits per heavy atom. The summed E-state index contributed by atoms with van der Waals surface area (Å²) in [6.07, 6.45) is -0.341. The van der Waals surface area contributed by atoms with E-state index in [0.29, 0.717) is 37.5 Å². The molecule has 15 heteroatoms. The molecule has 1 aliphatic heterocycles. The van der Waals surface area contributed by atoms with Gasteiger partial charge in [0.05, 0.1) is 37.3 Å². The lowest BCUT2D eigenvalue weighted by Crippen LogP contribution is -2.54. The zero-order valence-electron chi connectivity index (χ0n) is 29.3. The van der Waals surface area contributed by atoms with Crippen LogP contribution in [0, 0.1) is 5.92 Å². The molecule has 3 heterocycles. The minimum absolute atomic E-state index is 0.0431. The lowest BCUT2D eigenvalue weighted by molar-refractivity contribution is -0.125. The van der Waals surface area contributed by atoms with Gasteiger partial charge >= 0.3 is 12.2 Å². The van der Waals surface area contributed by atoms with Crippen LogP contribution in [0.25, 0.3) is 0 Å². The SMILES string of the molecule is CC(C)[C@H](NC(=O)OCc1csc(N2CCOCC2)n1)C(=O)N[C@@H](Cc1ccccc1)C[C@H](O)[C@H](Cc1ccccc1)NC(=O)OCc1ccno1. The number of aliphatic hydroxyl groups is 1. The van der Waals surface area contributed by atoms with E-state index in [1.165, 1.54) is 17.5 Å². The summed E-state index contributed by atoms with van der Waals surface area (Å²) in [4.78, 5) is 46.3. The number of nitrogens with zero attached hydrogens (tertiary/aromatic N) is 3. The van der Waals surface area contributed by atoms with Crippen molar-refractivity contribution >= 4 is 34.6 Å². The van der Waals surface area contributed by atoms with Crippen LogP contribution < -0.4 is 20.9 Å². The number of carbonyl (C=O) groups excluding carboxylic acids is 3. The van der Waals surface area contributed by atoms with Gasteiger partial charge in [0, 0.05) is 30.6 Å². The molecule has 3 amide bonds. The van der Waals surface area contributed by atoms with Crippen molar-refractivity contribution in [3.8, 4) is 0 Å². The Kier molecular flexibility index (Phi) is 14.4. The van der Waals surface area contributed by atoms with E-state index < -0.39 is 42.3 Å². The van der Waals surface area contributed by atoms with Crippen LogP contribution in [0.3, 0.4) is 0 Å². The number of amides is 3. The molecule has 278 valence electrons. The van der Waals surface area contributed by atoms with Crippen molar-refractivity contribution in [1.82, 2.24) is 26.1 Å². The predicted molar refractivity (Wildman–Crippen MR) is 194 cm³/mol. The van der Waals surface area contributed by atoms with E-state index in [9.17, 15) is 19.5 Å². The minimum atomic E-state index is -1.09. The molecule has 1 aliphatic rings. The molecule has 1 fully saturated rings. The molecule has 52 heavy (non-hydrogen) atoms. The first-order chi connectivity index (χ1) is 25.2. The van der Waals surface area contributed by atoms with Crippen LogP contribution in [-0.4, -0.2) is 83.9 Å². The molecule has 14 nitrogen and oxygen atoms in total. The molecule has 5 rings (SSSR count). The fraction of sp³-hybridized carbons (Fsp3) is 0.432. The number of nitrogens with one attached hydrogen (secondary N) is 3. The molecule has 4 atom stereocenters. The van der Waals surface area contributed by atoms with Crippen molar-refractivity contribution in [2.24, 2.45) is 5.92 Å². The van der Waals surface area contributed by atoms with Gasteiger partial charge in [-0.25, -0.2) is 14.6 Å². The monoisotopic (exact) mass is 734 g/mol. The van der Waals surface area contributed by atoms with Gasteiger partial charge in [-0.05, 0) is 36.3 Å². The Balaban J connectivity index is 1.23. The van der Waals surface area contributed by atoms with Crippen LogP contribution in [0.4, 0.5) is 14.7 Å². The number of alkyl carbamates (subject to hydrolysis) is 2. The maximum atomic E-state index is 13.8. The first-order valence-corrected chi connectivity index (χ1v) is 18.2. The van der Waals surface area contributed by atoms with E-state index in [-0.39, 0.29) is 25.6 Å². The number of rotatable bonds is 17. The van der Waals surface area contributed by atoms with Gasteiger partial charge in [0.2, 0.25) is 5.91 Å². The van der Waals surface area contributed by atoms with Crippen molar-refractivity contribution in [1.29, 1.82) is 0 Å². The maximum absolute atomic E-state index is 13.8. The quantitative estimate of drug-likeness (QED) is 0.122. The molecular weight excluding hydrogens is 689 g/mol. The largest absolute Gasteiger partial charge is 0.443 e. The molecule has 0 saturated carbocycles. The minimum Gasteiger partial charge on any atom is -0.443 e. The third kappa shape index (κ3) is 12.1. The van der Waals surface area contributed by atoms with Crippen LogP contribution >= 0.6 is 11.3 Å². The number of benzene rings is 2. The Bertz CT molecular complexity index is 1670. The zero-order valence-corrected chi connectivity index (χ0v) is 30.1. The lowest BCUT2D eigenvalue weighted by Gasteiger charge is -2.30. The van der Waals surface area contributed by atoms with E-state index in [2.05, 4.69) is 31.0 Å². The van der Waals surface area contributed by atoms with Crippen molar-refractivity contribution in [2.45, 2.75) is 70.6 Å². The second-order valence-electron chi connectivity index (χ2n) is 12.9. The van der Waals surface area contributed by atoms with Crippen LogP contribution in [0.5, 0.6) is 0 Å². The summed E-state index contributed by atoms with van der Waals surface area (Å²) in [5, 5.41) is 26.5. The van der Waals surface area contributed by atoms with Gasteiger partial charge in [-0.1, -0.05) is 79.7 Å². The van der Waals surface area contributed by atoms with Gasteiger partial charge in [-0.2, -0.15) is 0 Å². The summed E-state index contributed by atoms with van der Waals surface area (Å²) in [5.41, 5.74) is 2.44. The molecule has 0 bridgehead atoms. The van der Waals surface area contributed by atoms with E-state index in [1.54, 1.807) is 6.07 Å². The Morgan fingerprint density at radius 1 is 0.885 bits per heavy atom. The average molecular weight is 735 g/mol. The molecule has 0 spiro atoms. The van der Waals surface area contributed by atoms with Crippen LogP contribution in [-0.2, 0) is 45.1 Å². The Labute approximate surface area is 306 Å². The van der Waals surface area contributed by atoms with E-state index in [0.717, 1.165) is 29.3 Å². The van der Waals surface area contributed by atoms with Gasteiger partial charge < -0.3 is 44.7 Å². The van der Waals surface area contributed by atoms with E-state index in [4.69, 9.17) is 18.7 Å². The number of anilines is 1. The molecule has 4 aromatic rings. The zero-order chi connectivity index (χ0) is 36.7. The summed E-state index contributed by atoms with van der Waals surface area (Å²) < 4.78 is 21.2. The van der Waals surface area contributed by atoms with E-state index in [1.807, 2.05) is 79.9 Å². The average Bonchev–Trinajstić information content (AvgIpc) is 3.86. The first kappa shape index (κ1) is 38.2. The number of morpholine rings is 1. The van der Waals surface area contributed by atoms with Crippen molar-refractivity contribution in [3.05, 3.63) is 101 Å². The molecule has 0 radical (unpaired) electrons. The van der Waals surface area contributed by atoms with Crippen LogP contribution in [0.2, 0.25) is 0 Å². The number of hydrogen-bond acceptors (Lipinski definition) is 12. The molecule has 1 saturated heterocycles.